The summed E-state index contributed by atoms with van der Waals surface area (Å²) in [6.07, 6.45) is 0. The number of rotatable bonds is 9. The van der Waals surface area contributed by atoms with Crippen molar-refractivity contribution >= 4 is 51.2 Å². The van der Waals surface area contributed by atoms with E-state index >= 15 is 0 Å². The van der Waals surface area contributed by atoms with Crippen LogP contribution in [0.1, 0.15) is 50.1 Å². The van der Waals surface area contributed by atoms with Crippen LogP contribution < -0.4 is 14.7 Å². The van der Waals surface area contributed by atoms with Crippen molar-refractivity contribution < 1.29 is 0 Å². The smallest absolute Gasteiger partial charge is 0.0490 e. The lowest BCUT2D eigenvalue weighted by Crippen LogP contribution is -2.11. The van der Waals surface area contributed by atoms with Crippen LogP contribution in [-0.2, 0) is 0 Å². The van der Waals surface area contributed by atoms with Gasteiger partial charge in [0, 0.05) is 73.4 Å². The van der Waals surface area contributed by atoms with Gasteiger partial charge in [0.05, 0.1) is 0 Å². The number of nitrogens with zero attached hydrogens (tertiary/aromatic N) is 3. The van der Waals surface area contributed by atoms with E-state index in [1.807, 2.05) is 0 Å². The van der Waals surface area contributed by atoms with Gasteiger partial charge in [-0.1, -0.05) is 113 Å². The van der Waals surface area contributed by atoms with Crippen LogP contribution in [0.5, 0.6) is 0 Å². The fraction of sp³-hybridized carbons (Fsp3) is 0.0794. The molecule has 0 N–H and O–H groups in total. The van der Waals surface area contributed by atoms with Crippen molar-refractivity contribution in [1.29, 1.82) is 0 Å². The van der Waals surface area contributed by atoms with Crippen LogP contribution in [0.25, 0.3) is 0 Å². The van der Waals surface area contributed by atoms with E-state index in [1.54, 1.807) is 0 Å². The largest absolute Gasteiger partial charge is 0.311 e. The molecule has 0 bridgehead atoms. The number of aryl methyl sites for hydroxylation is 5. The van der Waals surface area contributed by atoms with E-state index in [0.29, 0.717) is 0 Å². The van der Waals surface area contributed by atoms with Crippen molar-refractivity contribution in [1.82, 2.24) is 0 Å². The van der Waals surface area contributed by atoms with Crippen LogP contribution in [0.15, 0.2) is 218 Å². The molecule has 0 aliphatic rings. The molecule has 9 aromatic rings. The summed E-state index contributed by atoms with van der Waals surface area (Å²) in [5.74, 6) is 13.6. The molecule has 0 heterocycles. The third kappa shape index (κ3) is 9.83. The van der Waals surface area contributed by atoms with Crippen LogP contribution in [0.4, 0.5) is 51.2 Å². The molecule has 0 saturated heterocycles. The van der Waals surface area contributed by atoms with Gasteiger partial charge in [-0.05, 0) is 191 Å². The highest BCUT2D eigenvalue weighted by molar-refractivity contribution is 5.81. The topological polar surface area (TPSA) is 9.72 Å². The minimum Gasteiger partial charge on any atom is -0.311 e. The van der Waals surface area contributed by atoms with Gasteiger partial charge < -0.3 is 14.7 Å². The van der Waals surface area contributed by atoms with E-state index < -0.39 is 0 Å². The van der Waals surface area contributed by atoms with Gasteiger partial charge >= 0.3 is 0 Å². The third-order valence-electron chi connectivity index (χ3n) is 11.7. The van der Waals surface area contributed by atoms with E-state index in [-0.39, 0.29) is 0 Å². The molecular formula is C63H51N3. The minimum absolute atomic E-state index is 0.949. The Balaban J connectivity index is 0.926. The van der Waals surface area contributed by atoms with Crippen molar-refractivity contribution in [3.8, 4) is 23.7 Å². The standard InChI is InChI=1S/C63H51N3/c1-46-16-32-57(33-17-46)64(58-34-24-51(25-35-58)20-22-53-28-38-60(39-29-53)65(55-12-8-6-9-13-55)62-42-18-47(2)44-49(62)4)59-36-26-52(27-37-59)21-23-54-30-40-61(41-31-54)66(56-14-10-7-11-15-56)63-43-19-48(3)45-50(63)5/h6-19,24-45H,1-5H3. The van der Waals surface area contributed by atoms with E-state index in [1.165, 1.54) is 27.8 Å². The predicted octanol–water partition coefficient (Wildman–Crippen LogP) is 16.4. The summed E-state index contributed by atoms with van der Waals surface area (Å²) in [5.41, 5.74) is 19.9. The first kappa shape index (κ1) is 42.8. The van der Waals surface area contributed by atoms with Crippen LogP contribution in [0.2, 0.25) is 0 Å². The highest BCUT2D eigenvalue weighted by Crippen LogP contribution is 2.39. The highest BCUT2D eigenvalue weighted by atomic mass is 15.2. The highest BCUT2D eigenvalue weighted by Gasteiger charge is 2.17. The summed E-state index contributed by atoms with van der Waals surface area (Å²) >= 11 is 0. The van der Waals surface area contributed by atoms with E-state index in [0.717, 1.165) is 73.4 Å². The van der Waals surface area contributed by atoms with Crippen molar-refractivity contribution in [3.63, 3.8) is 0 Å². The van der Waals surface area contributed by atoms with Gasteiger partial charge in [-0.2, -0.15) is 0 Å². The molecule has 0 unspecified atom stereocenters. The third-order valence-corrected chi connectivity index (χ3v) is 11.7. The first-order chi connectivity index (χ1) is 32.3. The fourth-order valence-corrected chi connectivity index (χ4v) is 8.33. The molecule has 318 valence electrons. The molecule has 9 rings (SSSR count). The summed E-state index contributed by atoms with van der Waals surface area (Å²) in [7, 11) is 0. The molecular weight excluding hydrogens is 799 g/mol. The van der Waals surface area contributed by atoms with Gasteiger partial charge in [-0.15, -0.1) is 0 Å². The molecule has 3 heteroatoms. The average Bonchev–Trinajstić information content (AvgIpc) is 3.35. The maximum absolute atomic E-state index is 3.40. The molecule has 0 fully saturated rings. The molecule has 3 nitrogen and oxygen atoms in total. The second-order valence-corrected chi connectivity index (χ2v) is 16.8. The van der Waals surface area contributed by atoms with Gasteiger partial charge in [0.25, 0.3) is 0 Å². The molecule has 0 atom stereocenters. The minimum atomic E-state index is 0.949. The lowest BCUT2D eigenvalue weighted by atomic mass is 10.1. The molecule has 0 radical (unpaired) electrons. The number of hydrogen-bond acceptors (Lipinski definition) is 3. The summed E-state index contributed by atoms with van der Waals surface area (Å²) < 4.78 is 0. The molecule has 66 heavy (non-hydrogen) atoms. The Labute approximate surface area is 390 Å². The lowest BCUT2D eigenvalue weighted by molar-refractivity contribution is 1.24. The zero-order chi connectivity index (χ0) is 45.4. The van der Waals surface area contributed by atoms with Crippen molar-refractivity contribution in [2.24, 2.45) is 0 Å². The molecule has 0 aliphatic heterocycles. The van der Waals surface area contributed by atoms with E-state index in [4.69, 9.17) is 0 Å². The van der Waals surface area contributed by atoms with Crippen molar-refractivity contribution in [2.45, 2.75) is 34.6 Å². The Bertz CT molecular complexity index is 3000. The number of benzene rings is 9. The Morgan fingerprint density at radius 2 is 0.500 bits per heavy atom. The first-order valence-electron chi connectivity index (χ1n) is 22.4. The summed E-state index contributed by atoms with van der Waals surface area (Å²) in [6.45, 7) is 10.7. The van der Waals surface area contributed by atoms with Gasteiger partial charge in [-0.25, -0.2) is 0 Å². The number of hydrogen-bond donors (Lipinski definition) is 0. The predicted molar refractivity (Wildman–Crippen MR) is 279 cm³/mol. The van der Waals surface area contributed by atoms with Crippen molar-refractivity contribution in [3.05, 3.63) is 268 Å². The van der Waals surface area contributed by atoms with Crippen LogP contribution in [0.3, 0.4) is 0 Å². The molecule has 9 aromatic carbocycles. The quantitative estimate of drug-likeness (QED) is 0.134. The van der Waals surface area contributed by atoms with Gasteiger partial charge in [-0.3, -0.25) is 0 Å². The maximum atomic E-state index is 3.40. The molecule has 0 spiro atoms. The van der Waals surface area contributed by atoms with Crippen LogP contribution in [-0.4, -0.2) is 0 Å². The van der Waals surface area contributed by atoms with E-state index in [9.17, 15) is 0 Å². The Hall–Kier alpha value is -8.50. The normalized spacial score (nSPS) is 10.6. The Morgan fingerprint density at radius 3 is 0.803 bits per heavy atom. The Kier molecular flexibility index (Phi) is 12.6. The van der Waals surface area contributed by atoms with Crippen molar-refractivity contribution in [2.75, 3.05) is 14.7 Å². The SMILES string of the molecule is Cc1ccc(N(c2ccc(C#Cc3ccc(N(c4ccccc4)c4ccc(C)cc4C)cc3)cc2)c2ccc(C#Cc3ccc(N(c4ccccc4)c4ccc(C)cc4C)cc3)cc2)cc1. The second kappa shape index (κ2) is 19.5. The summed E-state index contributed by atoms with van der Waals surface area (Å²) in [6, 6.07) is 76.9. The lowest BCUT2D eigenvalue weighted by Gasteiger charge is -2.27. The van der Waals surface area contributed by atoms with Crippen LogP contribution >= 0.6 is 0 Å². The molecule has 0 aliphatic carbocycles. The average molecular weight is 850 g/mol. The Morgan fingerprint density at radius 1 is 0.242 bits per heavy atom. The summed E-state index contributed by atoms with van der Waals surface area (Å²) in [4.78, 5) is 6.88. The van der Waals surface area contributed by atoms with Gasteiger partial charge in [0.15, 0.2) is 0 Å². The fourth-order valence-electron chi connectivity index (χ4n) is 8.33. The maximum Gasteiger partial charge on any atom is 0.0490 e. The molecule has 0 amide bonds. The number of para-hydroxylation sites is 2. The monoisotopic (exact) mass is 849 g/mol. The molecule has 0 aromatic heterocycles. The zero-order valence-electron chi connectivity index (χ0n) is 38.1. The summed E-state index contributed by atoms with van der Waals surface area (Å²) in [5, 5.41) is 0. The number of anilines is 9. The first-order valence-corrected chi connectivity index (χ1v) is 22.4. The van der Waals surface area contributed by atoms with Crippen LogP contribution in [0, 0.1) is 58.3 Å². The zero-order valence-corrected chi connectivity index (χ0v) is 38.1. The molecule has 0 saturated carbocycles. The van der Waals surface area contributed by atoms with Gasteiger partial charge in [0.2, 0.25) is 0 Å². The van der Waals surface area contributed by atoms with Gasteiger partial charge in [0.1, 0.15) is 0 Å². The second-order valence-electron chi connectivity index (χ2n) is 16.8. The van der Waals surface area contributed by atoms with E-state index in [2.05, 4.69) is 291 Å².